The van der Waals surface area contributed by atoms with Crippen LogP contribution in [0.1, 0.15) is 18.9 Å². The third-order valence-electron chi connectivity index (χ3n) is 3.54. The Morgan fingerprint density at radius 2 is 1.82 bits per heavy atom. The Morgan fingerprint density at radius 3 is 2.45 bits per heavy atom. The lowest BCUT2D eigenvalue weighted by atomic mass is 10.1. The van der Waals surface area contributed by atoms with E-state index in [1.165, 1.54) is 5.56 Å². The van der Waals surface area contributed by atoms with Gasteiger partial charge in [-0.1, -0.05) is 48.0 Å². The van der Waals surface area contributed by atoms with Gasteiger partial charge in [0.2, 0.25) is 0 Å². The lowest BCUT2D eigenvalue weighted by Crippen LogP contribution is -2.33. The van der Waals surface area contributed by atoms with Gasteiger partial charge in [-0.2, -0.15) is 0 Å². The zero-order valence-corrected chi connectivity index (χ0v) is 13.6. The van der Waals surface area contributed by atoms with E-state index in [4.69, 9.17) is 16.3 Å². The number of benzene rings is 2. The Kier molecular flexibility index (Phi) is 6.50. The fraction of sp³-hybridized carbons (Fsp3) is 0.263. The van der Waals surface area contributed by atoms with Crippen LogP contribution in [0.25, 0.3) is 0 Å². The van der Waals surface area contributed by atoms with Crippen LogP contribution < -0.4 is 5.32 Å². The second kappa shape index (κ2) is 8.62. The van der Waals surface area contributed by atoms with Gasteiger partial charge in [0.15, 0.2) is 0 Å². The van der Waals surface area contributed by atoms with E-state index in [2.05, 4.69) is 31.0 Å². The maximum Gasteiger partial charge on any atom is 0.0755 e. The van der Waals surface area contributed by atoms with E-state index in [1.54, 1.807) is 0 Å². The summed E-state index contributed by atoms with van der Waals surface area (Å²) in [4.78, 5) is 0. The van der Waals surface area contributed by atoms with E-state index in [9.17, 15) is 0 Å². The van der Waals surface area contributed by atoms with Crippen molar-refractivity contribution in [2.45, 2.75) is 32.1 Å². The Balaban J connectivity index is 1.94. The molecule has 3 heteroatoms. The first kappa shape index (κ1) is 16.6. The molecule has 2 nitrogen and oxygen atoms in total. The molecule has 22 heavy (non-hydrogen) atoms. The molecular weight excluding hydrogens is 294 g/mol. The van der Waals surface area contributed by atoms with E-state index in [1.807, 2.05) is 48.5 Å². The molecule has 1 N–H and O–H groups in total. The van der Waals surface area contributed by atoms with Crippen LogP contribution in [0.15, 0.2) is 67.3 Å². The van der Waals surface area contributed by atoms with Crippen LogP contribution in [0, 0.1) is 0 Å². The first-order chi connectivity index (χ1) is 10.7. The third-order valence-corrected chi connectivity index (χ3v) is 3.79. The summed E-state index contributed by atoms with van der Waals surface area (Å²) in [7, 11) is 0. The highest BCUT2D eigenvalue weighted by atomic mass is 35.5. The fourth-order valence-corrected chi connectivity index (χ4v) is 2.35. The highest BCUT2D eigenvalue weighted by molar-refractivity contribution is 6.30. The average molecular weight is 316 g/mol. The summed E-state index contributed by atoms with van der Waals surface area (Å²) in [5, 5.41) is 4.22. The molecule has 0 spiro atoms. The van der Waals surface area contributed by atoms with Crippen molar-refractivity contribution >= 4 is 17.3 Å². The van der Waals surface area contributed by atoms with Crippen molar-refractivity contribution in [3.63, 3.8) is 0 Å². The minimum Gasteiger partial charge on any atom is -0.379 e. The van der Waals surface area contributed by atoms with Gasteiger partial charge in [0, 0.05) is 10.7 Å². The molecule has 0 aliphatic carbocycles. The molecular formula is C19H22ClNO. The summed E-state index contributed by atoms with van der Waals surface area (Å²) >= 11 is 5.92. The van der Waals surface area contributed by atoms with E-state index in [0.717, 1.165) is 17.1 Å². The SMILES string of the molecule is C=CCC(Nc1ccc(Cl)cc1)C(C)OCc1ccccc1. The van der Waals surface area contributed by atoms with E-state index >= 15 is 0 Å². The number of hydrogen-bond acceptors (Lipinski definition) is 2. The summed E-state index contributed by atoms with van der Waals surface area (Å²) in [6.45, 7) is 6.53. The number of rotatable bonds is 8. The van der Waals surface area contributed by atoms with Gasteiger partial charge in [-0.3, -0.25) is 0 Å². The summed E-state index contributed by atoms with van der Waals surface area (Å²) in [5.41, 5.74) is 2.21. The van der Waals surface area contributed by atoms with Crippen LogP contribution >= 0.6 is 11.6 Å². The molecule has 2 aromatic rings. The largest absolute Gasteiger partial charge is 0.379 e. The normalized spacial score (nSPS) is 13.4. The molecule has 116 valence electrons. The third kappa shape index (κ3) is 5.21. The van der Waals surface area contributed by atoms with Crippen LogP contribution in [0.3, 0.4) is 0 Å². The van der Waals surface area contributed by atoms with Gasteiger partial charge >= 0.3 is 0 Å². The number of halogens is 1. The summed E-state index contributed by atoms with van der Waals surface area (Å²) < 4.78 is 6.00. The molecule has 0 bridgehead atoms. The maximum atomic E-state index is 6.00. The predicted molar refractivity (Wildman–Crippen MR) is 94.4 cm³/mol. The molecule has 2 atom stereocenters. The number of nitrogens with one attached hydrogen (secondary N) is 1. The van der Waals surface area contributed by atoms with Gasteiger partial charge in [0.05, 0.1) is 18.8 Å². The second-order valence-corrected chi connectivity index (χ2v) is 5.72. The number of ether oxygens (including phenoxy) is 1. The summed E-state index contributed by atoms with van der Waals surface area (Å²) in [5.74, 6) is 0. The van der Waals surface area contributed by atoms with Crippen molar-refractivity contribution in [2.24, 2.45) is 0 Å². The zero-order chi connectivity index (χ0) is 15.8. The van der Waals surface area contributed by atoms with Gasteiger partial charge in [0.1, 0.15) is 0 Å². The first-order valence-corrected chi connectivity index (χ1v) is 7.85. The Hall–Kier alpha value is -1.77. The van der Waals surface area contributed by atoms with Crippen molar-refractivity contribution in [3.8, 4) is 0 Å². The first-order valence-electron chi connectivity index (χ1n) is 7.47. The summed E-state index contributed by atoms with van der Waals surface area (Å²) in [6, 6.07) is 18.1. The molecule has 0 aliphatic heterocycles. The molecule has 0 heterocycles. The minimum atomic E-state index is 0.0638. The lowest BCUT2D eigenvalue weighted by Gasteiger charge is -2.25. The number of hydrogen-bond donors (Lipinski definition) is 1. The zero-order valence-electron chi connectivity index (χ0n) is 12.8. The molecule has 0 fully saturated rings. The van der Waals surface area contributed by atoms with Crippen LogP contribution in [0.2, 0.25) is 5.02 Å². The molecule has 0 aromatic heterocycles. The molecule has 0 saturated carbocycles. The smallest absolute Gasteiger partial charge is 0.0755 e. The highest BCUT2D eigenvalue weighted by Gasteiger charge is 2.16. The Morgan fingerprint density at radius 1 is 1.14 bits per heavy atom. The van der Waals surface area contributed by atoms with Crippen molar-refractivity contribution in [1.82, 2.24) is 0 Å². The van der Waals surface area contributed by atoms with E-state index in [0.29, 0.717) is 6.61 Å². The summed E-state index contributed by atoms with van der Waals surface area (Å²) in [6.07, 6.45) is 2.81. The Labute approximate surface area is 137 Å². The van der Waals surface area contributed by atoms with Crippen LogP contribution in [-0.2, 0) is 11.3 Å². The van der Waals surface area contributed by atoms with Crippen LogP contribution in [-0.4, -0.2) is 12.1 Å². The topological polar surface area (TPSA) is 21.3 Å². The molecule has 0 aliphatic rings. The second-order valence-electron chi connectivity index (χ2n) is 5.28. The van der Waals surface area contributed by atoms with Crippen LogP contribution in [0.4, 0.5) is 5.69 Å². The van der Waals surface area contributed by atoms with Crippen molar-refractivity contribution < 1.29 is 4.74 Å². The quantitative estimate of drug-likeness (QED) is 0.667. The monoisotopic (exact) mass is 315 g/mol. The van der Waals surface area contributed by atoms with Gasteiger partial charge in [0.25, 0.3) is 0 Å². The van der Waals surface area contributed by atoms with E-state index < -0.39 is 0 Å². The lowest BCUT2D eigenvalue weighted by molar-refractivity contribution is 0.0410. The minimum absolute atomic E-state index is 0.0638. The highest BCUT2D eigenvalue weighted by Crippen LogP contribution is 2.18. The van der Waals surface area contributed by atoms with Crippen molar-refractivity contribution in [3.05, 3.63) is 77.8 Å². The van der Waals surface area contributed by atoms with Crippen LogP contribution in [0.5, 0.6) is 0 Å². The number of anilines is 1. The van der Waals surface area contributed by atoms with Crippen molar-refractivity contribution in [1.29, 1.82) is 0 Å². The molecule has 2 unspecified atom stereocenters. The fourth-order valence-electron chi connectivity index (χ4n) is 2.23. The van der Waals surface area contributed by atoms with Gasteiger partial charge in [-0.25, -0.2) is 0 Å². The Bertz CT molecular complexity index is 568. The van der Waals surface area contributed by atoms with Gasteiger partial charge in [-0.15, -0.1) is 6.58 Å². The van der Waals surface area contributed by atoms with Gasteiger partial charge in [-0.05, 0) is 43.2 Å². The predicted octanol–water partition coefficient (Wildman–Crippen LogP) is 5.30. The van der Waals surface area contributed by atoms with Crippen molar-refractivity contribution in [2.75, 3.05) is 5.32 Å². The molecule has 0 amide bonds. The molecule has 2 rings (SSSR count). The molecule has 0 radical (unpaired) electrons. The average Bonchev–Trinajstić information content (AvgIpc) is 2.55. The molecule has 0 saturated heterocycles. The maximum absolute atomic E-state index is 6.00. The van der Waals surface area contributed by atoms with E-state index in [-0.39, 0.29) is 12.1 Å². The van der Waals surface area contributed by atoms with Gasteiger partial charge < -0.3 is 10.1 Å². The molecule has 2 aromatic carbocycles. The standard InChI is InChI=1S/C19H22ClNO/c1-3-7-19(21-18-12-10-17(20)11-13-18)15(2)22-14-16-8-5-4-6-9-16/h3-6,8-13,15,19,21H,1,7,14H2,2H3.